The van der Waals surface area contributed by atoms with Gasteiger partial charge in [0.15, 0.2) is 0 Å². The number of aromatic nitrogens is 1. The van der Waals surface area contributed by atoms with E-state index in [1.165, 1.54) is 29.1 Å². The first-order valence-electron chi connectivity index (χ1n) is 6.11. The Bertz CT molecular complexity index is 475. The van der Waals surface area contributed by atoms with Crippen LogP contribution in [0.4, 0.5) is 0 Å². The highest BCUT2D eigenvalue weighted by molar-refractivity contribution is 7.09. The molecule has 1 amide bonds. The third kappa shape index (κ3) is 2.60. The number of rotatable bonds is 4. The SMILES string of the molecule is CCC[C@H]1CCc2c(sc(=O)n2CC(N)=O)C1. The van der Waals surface area contributed by atoms with Crippen molar-refractivity contribution in [2.45, 2.75) is 45.6 Å². The Kier molecular flexibility index (Phi) is 3.66. The summed E-state index contributed by atoms with van der Waals surface area (Å²) < 4.78 is 1.56. The quantitative estimate of drug-likeness (QED) is 0.880. The highest BCUT2D eigenvalue weighted by Gasteiger charge is 2.24. The molecule has 4 nitrogen and oxygen atoms in total. The first-order chi connectivity index (χ1) is 8.11. The molecule has 1 aliphatic rings. The predicted octanol–water partition coefficient (Wildman–Crippen LogP) is 1.30. The number of thiazole rings is 1. The molecule has 2 N–H and O–H groups in total. The summed E-state index contributed by atoms with van der Waals surface area (Å²) in [5, 5.41) is 0. The van der Waals surface area contributed by atoms with E-state index < -0.39 is 5.91 Å². The van der Waals surface area contributed by atoms with Crippen molar-refractivity contribution >= 4 is 17.2 Å². The third-order valence-electron chi connectivity index (χ3n) is 3.35. The molecule has 5 heteroatoms. The van der Waals surface area contributed by atoms with Gasteiger partial charge in [-0.25, -0.2) is 0 Å². The zero-order chi connectivity index (χ0) is 12.4. The average molecular weight is 254 g/mol. The van der Waals surface area contributed by atoms with Crippen LogP contribution in [0.25, 0.3) is 0 Å². The topological polar surface area (TPSA) is 65.1 Å². The average Bonchev–Trinajstić information content (AvgIpc) is 2.55. The van der Waals surface area contributed by atoms with Crippen molar-refractivity contribution in [1.29, 1.82) is 0 Å². The molecule has 1 heterocycles. The van der Waals surface area contributed by atoms with E-state index >= 15 is 0 Å². The fraction of sp³-hybridized carbons (Fsp3) is 0.667. The van der Waals surface area contributed by atoms with Gasteiger partial charge in [0.2, 0.25) is 5.91 Å². The standard InChI is InChI=1S/C12H18N2O2S/c1-2-3-8-4-5-9-10(6-8)17-12(16)14(9)7-11(13)15/h8H,2-7H2,1H3,(H2,13,15)/t8-/m0/s1. The minimum Gasteiger partial charge on any atom is -0.368 e. The van der Waals surface area contributed by atoms with Crippen LogP contribution in [0.15, 0.2) is 4.79 Å². The van der Waals surface area contributed by atoms with Crippen LogP contribution in [0.5, 0.6) is 0 Å². The van der Waals surface area contributed by atoms with E-state index in [2.05, 4.69) is 6.92 Å². The minimum atomic E-state index is -0.441. The van der Waals surface area contributed by atoms with E-state index in [1.54, 1.807) is 4.57 Å². The van der Waals surface area contributed by atoms with Crippen LogP contribution in [-0.4, -0.2) is 10.5 Å². The van der Waals surface area contributed by atoms with Crippen LogP contribution in [0.2, 0.25) is 0 Å². The maximum Gasteiger partial charge on any atom is 0.308 e. The van der Waals surface area contributed by atoms with Crippen molar-refractivity contribution in [3.63, 3.8) is 0 Å². The smallest absolute Gasteiger partial charge is 0.308 e. The van der Waals surface area contributed by atoms with Crippen molar-refractivity contribution in [2.75, 3.05) is 0 Å². The first-order valence-corrected chi connectivity index (χ1v) is 6.93. The largest absolute Gasteiger partial charge is 0.368 e. The van der Waals surface area contributed by atoms with Gasteiger partial charge in [-0.1, -0.05) is 31.1 Å². The van der Waals surface area contributed by atoms with E-state index in [1.807, 2.05) is 0 Å². The van der Waals surface area contributed by atoms with Gasteiger partial charge >= 0.3 is 4.87 Å². The second-order valence-corrected chi connectivity index (χ2v) is 5.73. The van der Waals surface area contributed by atoms with Gasteiger partial charge in [0.25, 0.3) is 0 Å². The maximum absolute atomic E-state index is 11.8. The molecule has 0 fully saturated rings. The Morgan fingerprint density at radius 2 is 2.35 bits per heavy atom. The first kappa shape index (κ1) is 12.4. The number of fused-ring (bicyclic) bond motifs is 1. The number of carbonyl (C=O) groups excluding carboxylic acids is 1. The molecule has 1 aliphatic carbocycles. The van der Waals surface area contributed by atoms with Gasteiger partial charge in [0, 0.05) is 10.6 Å². The fourth-order valence-corrected chi connectivity index (χ4v) is 3.73. The van der Waals surface area contributed by atoms with E-state index in [9.17, 15) is 9.59 Å². The molecule has 0 unspecified atom stereocenters. The zero-order valence-corrected chi connectivity index (χ0v) is 10.9. The maximum atomic E-state index is 11.8. The predicted molar refractivity (Wildman–Crippen MR) is 68.2 cm³/mol. The number of hydrogen-bond acceptors (Lipinski definition) is 3. The summed E-state index contributed by atoms with van der Waals surface area (Å²) in [6.07, 6.45) is 5.44. The van der Waals surface area contributed by atoms with Gasteiger partial charge in [-0.05, 0) is 25.2 Å². The summed E-state index contributed by atoms with van der Waals surface area (Å²) in [6.45, 7) is 2.22. The van der Waals surface area contributed by atoms with E-state index in [0.29, 0.717) is 5.92 Å². The molecule has 0 bridgehead atoms. The molecule has 2 rings (SSSR count). The summed E-state index contributed by atoms with van der Waals surface area (Å²) in [7, 11) is 0. The summed E-state index contributed by atoms with van der Waals surface area (Å²) in [5.41, 5.74) is 6.21. The number of amides is 1. The van der Waals surface area contributed by atoms with Crippen LogP contribution < -0.4 is 10.6 Å². The van der Waals surface area contributed by atoms with Gasteiger partial charge in [0.1, 0.15) is 6.54 Å². The number of nitrogens with zero attached hydrogens (tertiary/aromatic N) is 1. The number of carbonyl (C=O) groups is 1. The fourth-order valence-electron chi connectivity index (χ4n) is 2.59. The Labute approximate surface area is 104 Å². The normalized spacial score (nSPS) is 19.0. The van der Waals surface area contributed by atoms with E-state index in [4.69, 9.17) is 5.73 Å². The van der Waals surface area contributed by atoms with Crippen molar-refractivity contribution in [3.8, 4) is 0 Å². The van der Waals surface area contributed by atoms with Crippen LogP contribution in [0.1, 0.15) is 36.8 Å². The molecule has 1 atom stereocenters. The molecule has 0 saturated heterocycles. The Balaban J connectivity index is 2.24. The molecule has 0 aliphatic heterocycles. The number of primary amides is 1. The van der Waals surface area contributed by atoms with Crippen LogP contribution in [0, 0.1) is 5.92 Å². The van der Waals surface area contributed by atoms with E-state index in [-0.39, 0.29) is 11.4 Å². The molecule has 0 radical (unpaired) electrons. The minimum absolute atomic E-state index is 0.0309. The lowest BCUT2D eigenvalue weighted by Crippen LogP contribution is -2.27. The van der Waals surface area contributed by atoms with Crippen molar-refractivity contribution in [1.82, 2.24) is 4.57 Å². The zero-order valence-electron chi connectivity index (χ0n) is 10.1. The molecular formula is C12H18N2O2S. The van der Waals surface area contributed by atoms with Gasteiger partial charge < -0.3 is 5.73 Å². The molecule has 17 heavy (non-hydrogen) atoms. The van der Waals surface area contributed by atoms with Crippen LogP contribution in [0.3, 0.4) is 0 Å². The lowest BCUT2D eigenvalue weighted by molar-refractivity contribution is -0.118. The van der Waals surface area contributed by atoms with E-state index in [0.717, 1.165) is 25.0 Å². The summed E-state index contributed by atoms with van der Waals surface area (Å²) >= 11 is 1.29. The molecular weight excluding hydrogens is 236 g/mol. The monoisotopic (exact) mass is 254 g/mol. The molecule has 0 spiro atoms. The van der Waals surface area contributed by atoms with Crippen molar-refractivity contribution in [3.05, 3.63) is 20.2 Å². The van der Waals surface area contributed by atoms with Crippen molar-refractivity contribution in [2.24, 2.45) is 11.7 Å². The summed E-state index contributed by atoms with van der Waals surface area (Å²) in [5.74, 6) is 0.260. The molecule has 0 aromatic carbocycles. The van der Waals surface area contributed by atoms with Gasteiger partial charge in [-0.2, -0.15) is 0 Å². The molecule has 94 valence electrons. The van der Waals surface area contributed by atoms with Gasteiger partial charge in [-0.3, -0.25) is 14.2 Å². The summed E-state index contributed by atoms with van der Waals surface area (Å²) in [4.78, 5) is 23.9. The van der Waals surface area contributed by atoms with Crippen LogP contribution in [-0.2, 0) is 24.2 Å². The molecule has 1 aromatic rings. The second kappa shape index (κ2) is 5.04. The number of nitrogens with two attached hydrogens (primary N) is 1. The van der Waals surface area contributed by atoms with Gasteiger partial charge in [0.05, 0.1) is 0 Å². The number of hydrogen-bond donors (Lipinski definition) is 1. The lowest BCUT2D eigenvalue weighted by Gasteiger charge is -2.22. The van der Waals surface area contributed by atoms with Crippen LogP contribution >= 0.6 is 11.3 Å². The van der Waals surface area contributed by atoms with Crippen molar-refractivity contribution < 1.29 is 4.79 Å². The lowest BCUT2D eigenvalue weighted by atomic mass is 9.88. The Hall–Kier alpha value is -1.10. The Morgan fingerprint density at radius 1 is 1.59 bits per heavy atom. The van der Waals surface area contributed by atoms with Gasteiger partial charge in [-0.15, -0.1) is 0 Å². The highest BCUT2D eigenvalue weighted by Crippen LogP contribution is 2.29. The highest BCUT2D eigenvalue weighted by atomic mass is 32.1. The molecule has 1 aromatic heterocycles. The third-order valence-corrected chi connectivity index (χ3v) is 4.40. The second-order valence-electron chi connectivity index (χ2n) is 4.69. The summed E-state index contributed by atoms with van der Waals surface area (Å²) in [6, 6.07) is 0. The molecule has 0 saturated carbocycles. The Morgan fingerprint density at radius 3 is 3.00 bits per heavy atom.